The molecule has 3 nitrogen and oxygen atoms in total. The minimum atomic E-state index is -0.119. The van der Waals surface area contributed by atoms with Crippen LogP contribution in [0, 0.1) is 0 Å². The Bertz CT molecular complexity index is 1120. The van der Waals surface area contributed by atoms with Crippen molar-refractivity contribution in [2.75, 3.05) is 0 Å². The Kier molecular flexibility index (Phi) is 5.40. The van der Waals surface area contributed by atoms with Gasteiger partial charge in [0.2, 0.25) is 5.78 Å². The van der Waals surface area contributed by atoms with E-state index in [-0.39, 0.29) is 11.2 Å². The third-order valence-corrected chi connectivity index (χ3v) is 5.25. The maximum Gasteiger partial charge on any atom is 0.231 e. The van der Waals surface area contributed by atoms with Crippen LogP contribution in [0.25, 0.3) is 6.08 Å². The van der Waals surface area contributed by atoms with Crippen LogP contribution >= 0.6 is 11.6 Å². The lowest BCUT2D eigenvalue weighted by Gasteiger charge is -2.18. The summed E-state index contributed by atoms with van der Waals surface area (Å²) in [5.41, 5.74) is 3.77. The standard InChI is InChI=1S/C26H23ClO3/c1-26(2,3)19-9-7-17(8-10-19)14-24-25(28)22-12-11-21(15-23(22)30-24)29-16-18-5-4-6-20(27)13-18/h4-15H,16H2,1-3H3/b24-14-. The Morgan fingerprint density at radius 2 is 1.77 bits per heavy atom. The predicted octanol–water partition coefficient (Wildman–Crippen LogP) is 6.83. The zero-order valence-electron chi connectivity index (χ0n) is 17.2. The summed E-state index contributed by atoms with van der Waals surface area (Å²) in [5, 5.41) is 0.671. The van der Waals surface area contributed by atoms with Gasteiger partial charge in [0.05, 0.1) is 5.56 Å². The quantitative estimate of drug-likeness (QED) is 0.435. The van der Waals surface area contributed by atoms with E-state index in [2.05, 4.69) is 32.9 Å². The van der Waals surface area contributed by atoms with Crippen molar-refractivity contribution in [1.29, 1.82) is 0 Å². The van der Waals surface area contributed by atoms with E-state index in [1.807, 2.05) is 36.4 Å². The summed E-state index contributed by atoms with van der Waals surface area (Å²) in [6, 6.07) is 21.0. The van der Waals surface area contributed by atoms with Gasteiger partial charge in [-0.1, -0.05) is 68.8 Å². The van der Waals surface area contributed by atoms with Crippen LogP contribution < -0.4 is 9.47 Å². The van der Waals surface area contributed by atoms with Gasteiger partial charge in [-0.05, 0) is 52.4 Å². The number of carbonyl (C=O) groups is 1. The molecule has 0 saturated carbocycles. The molecule has 0 amide bonds. The van der Waals surface area contributed by atoms with Crippen LogP contribution in [0.5, 0.6) is 11.5 Å². The van der Waals surface area contributed by atoms with Crippen molar-refractivity contribution in [3.8, 4) is 11.5 Å². The van der Waals surface area contributed by atoms with Crippen LogP contribution in [-0.4, -0.2) is 5.78 Å². The van der Waals surface area contributed by atoms with Gasteiger partial charge in [-0.3, -0.25) is 4.79 Å². The van der Waals surface area contributed by atoms with Crippen molar-refractivity contribution < 1.29 is 14.3 Å². The molecule has 1 aliphatic heterocycles. The highest BCUT2D eigenvalue weighted by atomic mass is 35.5. The van der Waals surface area contributed by atoms with Crippen molar-refractivity contribution >= 4 is 23.5 Å². The number of rotatable bonds is 4. The molecule has 4 rings (SSSR count). The molecule has 0 bridgehead atoms. The lowest BCUT2D eigenvalue weighted by atomic mass is 9.86. The first-order valence-corrected chi connectivity index (χ1v) is 10.2. The fraction of sp³-hybridized carbons (Fsp3) is 0.192. The van der Waals surface area contributed by atoms with Gasteiger partial charge in [0.15, 0.2) is 5.76 Å². The van der Waals surface area contributed by atoms with Crippen molar-refractivity contribution in [1.82, 2.24) is 0 Å². The monoisotopic (exact) mass is 418 g/mol. The van der Waals surface area contributed by atoms with E-state index in [0.717, 1.165) is 11.1 Å². The molecule has 1 heterocycles. The molecule has 4 heteroatoms. The van der Waals surface area contributed by atoms with Gasteiger partial charge in [0.25, 0.3) is 0 Å². The molecule has 0 aromatic heterocycles. The molecule has 0 fully saturated rings. The first kappa shape index (κ1) is 20.2. The highest BCUT2D eigenvalue weighted by Crippen LogP contribution is 2.35. The van der Waals surface area contributed by atoms with Gasteiger partial charge < -0.3 is 9.47 Å². The van der Waals surface area contributed by atoms with E-state index in [1.165, 1.54) is 5.56 Å². The molecule has 0 spiro atoms. The van der Waals surface area contributed by atoms with Crippen LogP contribution in [0.3, 0.4) is 0 Å². The Morgan fingerprint density at radius 1 is 1.00 bits per heavy atom. The fourth-order valence-corrected chi connectivity index (χ4v) is 3.49. The fourth-order valence-electron chi connectivity index (χ4n) is 3.28. The molecule has 0 atom stereocenters. The molecule has 0 aliphatic carbocycles. The summed E-state index contributed by atoms with van der Waals surface area (Å²) in [5.74, 6) is 1.35. The van der Waals surface area contributed by atoms with E-state index in [9.17, 15) is 4.79 Å². The van der Waals surface area contributed by atoms with Crippen molar-refractivity contribution in [3.63, 3.8) is 0 Å². The molecule has 1 aliphatic rings. The van der Waals surface area contributed by atoms with Crippen molar-refractivity contribution in [3.05, 3.63) is 99.8 Å². The molecular formula is C26H23ClO3. The molecule has 0 saturated heterocycles. The summed E-state index contributed by atoms with van der Waals surface area (Å²) >= 11 is 6.01. The molecule has 30 heavy (non-hydrogen) atoms. The Balaban J connectivity index is 1.49. The lowest BCUT2D eigenvalue weighted by Crippen LogP contribution is -2.10. The van der Waals surface area contributed by atoms with Gasteiger partial charge in [-0.15, -0.1) is 0 Å². The Morgan fingerprint density at radius 3 is 2.47 bits per heavy atom. The molecule has 3 aromatic carbocycles. The maximum atomic E-state index is 12.7. The molecule has 0 radical (unpaired) electrons. The van der Waals surface area contributed by atoms with Crippen LogP contribution in [-0.2, 0) is 12.0 Å². The topological polar surface area (TPSA) is 35.5 Å². The number of carbonyl (C=O) groups excluding carboxylic acids is 1. The van der Waals surface area contributed by atoms with Crippen molar-refractivity contribution in [2.24, 2.45) is 0 Å². The molecule has 152 valence electrons. The normalized spacial score (nSPS) is 14.5. The third-order valence-electron chi connectivity index (χ3n) is 5.01. The second-order valence-corrected chi connectivity index (χ2v) is 8.82. The summed E-state index contributed by atoms with van der Waals surface area (Å²) in [7, 11) is 0. The predicted molar refractivity (Wildman–Crippen MR) is 120 cm³/mol. The summed E-state index contributed by atoms with van der Waals surface area (Å²) in [4.78, 5) is 12.7. The number of fused-ring (bicyclic) bond motifs is 1. The minimum absolute atomic E-state index is 0.0864. The number of ketones is 1. The van der Waals surface area contributed by atoms with E-state index >= 15 is 0 Å². The van der Waals surface area contributed by atoms with Gasteiger partial charge in [0, 0.05) is 11.1 Å². The van der Waals surface area contributed by atoms with Crippen LogP contribution in [0.2, 0.25) is 5.02 Å². The first-order chi connectivity index (χ1) is 14.3. The minimum Gasteiger partial charge on any atom is -0.489 e. The number of hydrogen-bond donors (Lipinski definition) is 0. The van der Waals surface area contributed by atoms with E-state index in [4.69, 9.17) is 21.1 Å². The van der Waals surface area contributed by atoms with E-state index in [0.29, 0.717) is 34.5 Å². The number of hydrogen-bond acceptors (Lipinski definition) is 3. The SMILES string of the molecule is CC(C)(C)c1ccc(/C=C2\Oc3cc(OCc4cccc(Cl)c4)ccc3C2=O)cc1. The average molecular weight is 419 g/mol. The van der Waals surface area contributed by atoms with Gasteiger partial charge in [-0.25, -0.2) is 0 Å². The Labute approximate surface area is 181 Å². The maximum absolute atomic E-state index is 12.7. The second-order valence-electron chi connectivity index (χ2n) is 8.39. The zero-order valence-corrected chi connectivity index (χ0v) is 18.0. The molecular weight excluding hydrogens is 396 g/mol. The lowest BCUT2D eigenvalue weighted by molar-refractivity contribution is 0.101. The Hall–Kier alpha value is -3.04. The average Bonchev–Trinajstić information content (AvgIpc) is 3.01. The summed E-state index contributed by atoms with van der Waals surface area (Å²) in [6.45, 7) is 6.91. The van der Waals surface area contributed by atoms with Gasteiger partial charge in [-0.2, -0.15) is 0 Å². The highest BCUT2D eigenvalue weighted by molar-refractivity contribution is 6.30. The van der Waals surface area contributed by atoms with E-state index < -0.39 is 0 Å². The number of Topliss-reactive ketones (excluding diaryl/α,β-unsaturated/α-hetero) is 1. The number of ether oxygens (including phenoxy) is 2. The zero-order chi connectivity index (χ0) is 21.3. The number of allylic oxidation sites excluding steroid dienone is 1. The summed E-state index contributed by atoms with van der Waals surface area (Å²) in [6.07, 6.45) is 1.78. The third kappa shape index (κ3) is 4.42. The largest absolute Gasteiger partial charge is 0.489 e. The van der Waals surface area contributed by atoms with Crippen molar-refractivity contribution in [2.45, 2.75) is 32.8 Å². The van der Waals surface area contributed by atoms with Gasteiger partial charge in [0.1, 0.15) is 18.1 Å². The second kappa shape index (κ2) is 8.00. The van der Waals surface area contributed by atoms with E-state index in [1.54, 1.807) is 24.3 Å². The smallest absolute Gasteiger partial charge is 0.231 e. The number of halogens is 1. The highest BCUT2D eigenvalue weighted by Gasteiger charge is 2.27. The van der Waals surface area contributed by atoms with Crippen LogP contribution in [0.4, 0.5) is 0 Å². The molecule has 0 unspecified atom stereocenters. The van der Waals surface area contributed by atoms with Crippen LogP contribution in [0.15, 0.2) is 72.5 Å². The first-order valence-electron chi connectivity index (χ1n) is 9.86. The molecule has 0 N–H and O–H groups in total. The van der Waals surface area contributed by atoms with Crippen LogP contribution in [0.1, 0.15) is 47.8 Å². The molecule has 3 aromatic rings. The summed E-state index contributed by atoms with van der Waals surface area (Å²) < 4.78 is 11.7. The van der Waals surface area contributed by atoms with Gasteiger partial charge >= 0.3 is 0 Å². The number of benzene rings is 3.